The van der Waals surface area contributed by atoms with Crippen molar-refractivity contribution >= 4 is 5.95 Å². The summed E-state index contributed by atoms with van der Waals surface area (Å²) in [5, 5.41) is 8.92. The molecule has 16 heavy (non-hydrogen) atoms. The lowest BCUT2D eigenvalue weighted by Gasteiger charge is -2.29. The van der Waals surface area contributed by atoms with Crippen molar-refractivity contribution in [3.8, 4) is 6.07 Å². The van der Waals surface area contributed by atoms with E-state index in [0.29, 0.717) is 0 Å². The van der Waals surface area contributed by atoms with E-state index in [0.717, 1.165) is 43.9 Å². The summed E-state index contributed by atoms with van der Waals surface area (Å²) in [6, 6.07) is 2.33. The molecule has 84 valence electrons. The Kier molecular flexibility index (Phi) is 3.35. The van der Waals surface area contributed by atoms with Gasteiger partial charge < -0.3 is 4.90 Å². The third-order valence-electron chi connectivity index (χ3n) is 2.99. The van der Waals surface area contributed by atoms with E-state index in [1.165, 1.54) is 0 Å². The quantitative estimate of drug-likeness (QED) is 0.756. The molecule has 1 fully saturated rings. The van der Waals surface area contributed by atoms with E-state index in [1.807, 2.05) is 12.4 Å². The average molecular weight is 216 g/mol. The maximum Gasteiger partial charge on any atom is 0.225 e. The summed E-state index contributed by atoms with van der Waals surface area (Å²) in [6.45, 7) is 3.82. The van der Waals surface area contributed by atoms with Crippen molar-refractivity contribution in [1.82, 2.24) is 9.97 Å². The summed E-state index contributed by atoms with van der Waals surface area (Å²) in [4.78, 5) is 10.8. The molecule has 2 rings (SSSR count). The zero-order valence-electron chi connectivity index (χ0n) is 9.56. The Morgan fingerprint density at radius 3 is 2.88 bits per heavy atom. The molecule has 0 amide bonds. The van der Waals surface area contributed by atoms with E-state index < -0.39 is 0 Å². The number of anilines is 1. The molecule has 1 aliphatic heterocycles. The highest BCUT2D eigenvalue weighted by Crippen LogP contribution is 2.19. The Morgan fingerprint density at radius 2 is 2.25 bits per heavy atom. The van der Waals surface area contributed by atoms with Crippen LogP contribution in [0.25, 0.3) is 0 Å². The van der Waals surface area contributed by atoms with Crippen LogP contribution in [-0.2, 0) is 6.42 Å². The number of piperidine rings is 1. The summed E-state index contributed by atoms with van der Waals surface area (Å²) < 4.78 is 0. The molecule has 4 heteroatoms. The van der Waals surface area contributed by atoms with E-state index in [1.54, 1.807) is 0 Å². The predicted octanol–water partition coefficient (Wildman–Crippen LogP) is 1.78. The minimum atomic E-state index is 0.128. The normalized spacial score (nSPS) is 20.5. The van der Waals surface area contributed by atoms with Gasteiger partial charge in [0.05, 0.1) is 12.0 Å². The molecule has 1 saturated heterocycles. The second kappa shape index (κ2) is 4.93. The van der Waals surface area contributed by atoms with E-state index in [4.69, 9.17) is 5.26 Å². The van der Waals surface area contributed by atoms with Crippen LogP contribution in [0.4, 0.5) is 5.95 Å². The number of hydrogen-bond donors (Lipinski definition) is 0. The lowest BCUT2D eigenvalue weighted by Crippen LogP contribution is -2.36. The first kappa shape index (κ1) is 10.9. The van der Waals surface area contributed by atoms with Crippen LogP contribution in [-0.4, -0.2) is 23.1 Å². The van der Waals surface area contributed by atoms with Crippen molar-refractivity contribution in [1.29, 1.82) is 5.26 Å². The summed E-state index contributed by atoms with van der Waals surface area (Å²) in [7, 11) is 0. The second-order valence-corrected chi connectivity index (χ2v) is 4.16. The minimum absolute atomic E-state index is 0.128. The van der Waals surface area contributed by atoms with Crippen molar-refractivity contribution in [2.24, 2.45) is 5.92 Å². The molecule has 1 aromatic heterocycles. The van der Waals surface area contributed by atoms with E-state index in [2.05, 4.69) is 27.9 Å². The average Bonchev–Trinajstić information content (AvgIpc) is 2.39. The fourth-order valence-corrected chi connectivity index (χ4v) is 1.96. The van der Waals surface area contributed by atoms with Gasteiger partial charge in [0, 0.05) is 25.5 Å². The summed E-state index contributed by atoms with van der Waals surface area (Å²) in [5.41, 5.74) is 1.15. The molecule has 1 aliphatic rings. The summed E-state index contributed by atoms with van der Waals surface area (Å²) >= 11 is 0. The van der Waals surface area contributed by atoms with Gasteiger partial charge in [-0.2, -0.15) is 5.26 Å². The van der Waals surface area contributed by atoms with Gasteiger partial charge in [-0.25, -0.2) is 9.97 Å². The molecule has 0 saturated carbocycles. The van der Waals surface area contributed by atoms with Crippen molar-refractivity contribution < 1.29 is 0 Å². The fourth-order valence-electron chi connectivity index (χ4n) is 1.96. The Bertz CT molecular complexity index is 379. The van der Waals surface area contributed by atoms with Gasteiger partial charge in [-0.3, -0.25) is 0 Å². The second-order valence-electron chi connectivity index (χ2n) is 4.16. The van der Waals surface area contributed by atoms with Crippen LogP contribution in [0.5, 0.6) is 0 Å². The third kappa shape index (κ3) is 2.30. The maximum atomic E-state index is 8.92. The van der Waals surface area contributed by atoms with Crippen LogP contribution < -0.4 is 4.90 Å². The number of hydrogen-bond acceptors (Lipinski definition) is 4. The molecular formula is C12H16N4. The fraction of sp³-hybridized carbons (Fsp3) is 0.583. The first-order valence-electron chi connectivity index (χ1n) is 5.79. The van der Waals surface area contributed by atoms with Crippen molar-refractivity contribution in [2.45, 2.75) is 26.2 Å². The number of aryl methyl sites for hydroxylation is 1. The van der Waals surface area contributed by atoms with Gasteiger partial charge in [-0.05, 0) is 24.8 Å². The topological polar surface area (TPSA) is 52.8 Å². The summed E-state index contributed by atoms with van der Waals surface area (Å²) in [6.07, 6.45) is 6.76. The van der Waals surface area contributed by atoms with Gasteiger partial charge in [0.15, 0.2) is 0 Å². The first-order chi connectivity index (χ1) is 7.83. The van der Waals surface area contributed by atoms with E-state index in [-0.39, 0.29) is 5.92 Å². The van der Waals surface area contributed by atoms with Crippen molar-refractivity contribution in [3.63, 3.8) is 0 Å². The smallest absolute Gasteiger partial charge is 0.225 e. The van der Waals surface area contributed by atoms with Crippen molar-refractivity contribution in [2.75, 3.05) is 18.0 Å². The minimum Gasteiger partial charge on any atom is -0.340 e. The molecule has 1 atom stereocenters. The third-order valence-corrected chi connectivity index (χ3v) is 2.99. The predicted molar refractivity (Wildman–Crippen MR) is 62.0 cm³/mol. The van der Waals surface area contributed by atoms with Crippen LogP contribution in [0, 0.1) is 17.2 Å². The number of nitrogens with zero attached hydrogens (tertiary/aromatic N) is 4. The molecule has 2 heterocycles. The lowest BCUT2D eigenvalue weighted by molar-refractivity contribution is 0.487. The van der Waals surface area contributed by atoms with Crippen LogP contribution in [0.3, 0.4) is 0 Å². The molecule has 0 aliphatic carbocycles. The van der Waals surface area contributed by atoms with Gasteiger partial charge >= 0.3 is 0 Å². The van der Waals surface area contributed by atoms with Crippen LogP contribution in [0.1, 0.15) is 25.3 Å². The Labute approximate surface area is 95.9 Å². The Hall–Kier alpha value is -1.63. The molecule has 0 spiro atoms. The van der Waals surface area contributed by atoms with Gasteiger partial charge in [0.1, 0.15) is 0 Å². The van der Waals surface area contributed by atoms with Crippen LogP contribution in [0.15, 0.2) is 12.4 Å². The standard InChI is InChI=1S/C12H16N4/c1-2-10-7-14-12(15-8-10)16-5-3-4-11(6-13)9-16/h7-8,11H,2-5,9H2,1H3. The largest absolute Gasteiger partial charge is 0.340 e. The number of aromatic nitrogens is 2. The first-order valence-corrected chi connectivity index (χ1v) is 5.79. The molecule has 1 aromatic rings. The lowest BCUT2D eigenvalue weighted by atomic mass is 10.0. The summed E-state index contributed by atoms with van der Waals surface area (Å²) in [5.74, 6) is 0.889. The molecule has 0 bridgehead atoms. The number of nitriles is 1. The molecular weight excluding hydrogens is 200 g/mol. The molecule has 4 nitrogen and oxygen atoms in total. The van der Waals surface area contributed by atoms with E-state index >= 15 is 0 Å². The van der Waals surface area contributed by atoms with Crippen molar-refractivity contribution in [3.05, 3.63) is 18.0 Å². The molecule has 0 N–H and O–H groups in total. The van der Waals surface area contributed by atoms with Crippen LogP contribution in [0.2, 0.25) is 0 Å². The highest BCUT2D eigenvalue weighted by atomic mass is 15.2. The molecule has 1 unspecified atom stereocenters. The van der Waals surface area contributed by atoms with E-state index in [9.17, 15) is 0 Å². The highest BCUT2D eigenvalue weighted by Gasteiger charge is 2.20. The Balaban J connectivity index is 2.08. The van der Waals surface area contributed by atoms with Gasteiger partial charge in [-0.1, -0.05) is 6.92 Å². The highest BCUT2D eigenvalue weighted by molar-refractivity contribution is 5.31. The SMILES string of the molecule is CCc1cnc(N2CCCC(C#N)C2)nc1. The molecule has 0 aromatic carbocycles. The zero-order valence-corrected chi connectivity index (χ0v) is 9.56. The van der Waals surface area contributed by atoms with Gasteiger partial charge in [0.2, 0.25) is 5.95 Å². The van der Waals surface area contributed by atoms with Crippen LogP contribution >= 0.6 is 0 Å². The number of rotatable bonds is 2. The molecule has 0 radical (unpaired) electrons. The Morgan fingerprint density at radius 1 is 1.50 bits per heavy atom. The van der Waals surface area contributed by atoms with Gasteiger partial charge in [-0.15, -0.1) is 0 Å². The zero-order chi connectivity index (χ0) is 11.4. The maximum absolute atomic E-state index is 8.92. The monoisotopic (exact) mass is 216 g/mol. The van der Waals surface area contributed by atoms with Gasteiger partial charge in [0.25, 0.3) is 0 Å².